The van der Waals surface area contributed by atoms with Gasteiger partial charge in [0.1, 0.15) is 23.0 Å². The van der Waals surface area contributed by atoms with Gasteiger partial charge in [-0.2, -0.15) is 0 Å². The molecule has 0 spiro atoms. The van der Waals surface area contributed by atoms with Crippen molar-refractivity contribution in [1.82, 2.24) is 14.9 Å². The lowest BCUT2D eigenvalue weighted by molar-refractivity contribution is 0.0187. The molecule has 182 valence electrons. The van der Waals surface area contributed by atoms with Gasteiger partial charge < -0.3 is 19.5 Å². The Morgan fingerprint density at radius 2 is 1.80 bits per heavy atom. The Hall–Kier alpha value is -3.04. The van der Waals surface area contributed by atoms with Gasteiger partial charge in [0.25, 0.3) is 0 Å². The first-order chi connectivity index (χ1) is 17.3. The molecule has 1 aliphatic rings. The quantitative estimate of drug-likeness (QED) is 0.354. The number of nitrogens with one attached hydrogen (secondary N) is 1. The number of hydrogen-bond donors (Lipinski definition) is 1. The van der Waals surface area contributed by atoms with E-state index in [1.165, 1.54) is 5.56 Å². The number of benzene rings is 2. The average molecular weight is 491 g/mol. The number of anilines is 1. The number of aromatic nitrogens is 2. The summed E-state index contributed by atoms with van der Waals surface area (Å²) in [7, 11) is 3.36. The van der Waals surface area contributed by atoms with Crippen LogP contribution >= 0.6 is 11.3 Å². The van der Waals surface area contributed by atoms with E-state index in [0.29, 0.717) is 19.0 Å². The molecule has 4 aromatic rings. The van der Waals surface area contributed by atoms with Crippen LogP contribution in [0.25, 0.3) is 21.3 Å². The minimum absolute atomic E-state index is 0.166. The summed E-state index contributed by atoms with van der Waals surface area (Å²) in [6, 6.07) is 18.9. The van der Waals surface area contributed by atoms with Crippen LogP contribution in [0.15, 0.2) is 60.0 Å². The molecular weight excluding hydrogens is 460 g/mol. The van der Waals surface area contributed by atoms with Crippen LogP contribution in [-0.2, 0) is 16.1 Å². The van der Waals surface area contributed by atoms with Crippen molar-refractivity contribution >= 4 is 27.4 Å². The zero-order valence-electron chi connectivity index (χ0n) is 20.1. The number of nitrogens with zero attached hydrogens (tertiary/aromatic N) is 3. The molecule has 3 heterocycles. The van der Waals surface area contributed by atoms with Gasteiger partial charge >= 0.3 is 0 Å². The van der Waals surface area contributed by atoms with E-state index in [1.807, 2.05) is 18.2 Å². The largest absolute Gasteiger partial charge is 0.497 e. The minimum Gasteiger partial charge on any atom is -0.497 e. The highest BCUT2D eigenvalue weighted by molar-refractivity contribution is 7.17. The van der Waals surface area contributed by atoms with E-state index in [2.05, 4.69) is 52.0 Å². The van der Waals surface area contributed by atoms with Gasteiger partial charge in [0.05, 0.1) is 31.8 Å². The highest BCUT2D eigenvalue weighted by atomic mass is 32.1. The Morgan fingerprint density at radius 3 is 2.51 bits per heavy atom. The zero-order valence-corrected chi connectivity index (χ0v) is 20.9. The van der Waals surface area contributed by atoms with Crippen molar-refractivity contribution in [2.75, 3.05) is 52.4 Å². The summed E-state index contributed by atoms with van der Waals surface area (Å²) in [5.41, 5.74) is 3.53. The molecule has 1 atom stereocenters. The van der Waals surface area contributed by atoms with Crippen LogP contribution in [0.2, 0.25) is 0 Å². The second-order valence-corrected chi connectivity index (χ2v) is 9.29. The first-order valence-electron chi connectivity index (χ1n) is 11.8. The summed E-state index contributed by atoms with van der Waals surface area (Å²) in [4.78, 5) is 13.1. The normalized spacial score (nSPS) is 15.3. The molecule has 0 radical (unpaired) electrons. The van der Waals surface area contributed by atoms with Crippen molar-refractivity contribution in [2.45, 2.75) is 12.6 Å². The van der Waals surface area contributed by atoms with Crippen molar-refractivity contribution in [3.8, 4) is 16.9 Å². The van der Waals surface area contributed by atoms with Crippen molar-refractivity contribution < 1.29 is 14.2 Å². The monoisotopic (exact) mass is 490 g/mol. The lowest BCUT2D eigenvalue weighted by Gasteiger charge is -2.35. The highest BCUT2D eigenvalue weighted by Gasteiger charge is 2.24. The Balaban J connectivity index is 1.50. The second kappa shape index (κ2) is 11.1. The van der Waals surface area contributed by atoms with Crippen molar-refractivity contribution in [3.63, 3.8) is 0 Å². The van der Waals surface area contributed by atoms with Crippen LogP contribution < -0.4 is 10.1 Å². The van der Waals surface area contributed by atoms with E-state index < -0.39 is 0 Å². The van der Waals surface area contributed by atoms with Gasteiger partial charge in [0.15, 0.2) is 5.82 Å². The number of thiophene rings is 1. The third kappa shape index (κ3) is 5.31. The predicted octanol–water partition coefficient (Wildman–Crippen LogP) is 5.00. The number of fused-ring (bicyclic) bond motifs is 1. The highest BCUT2D eigenvalue weighted by Crippen LogP contribution is 2.37. The van der Waals surface area contributed by atoms with Crippen LogP contribution in [0.3, 0.4) is 0 Å². The molecule has 2 aromatic carbocycles. The van der Waals surface area contributed by atoms with Crippen molar-refractivity contribution in [1.29, 1.82) is 0 Å². The molecule has 0 bridgehead atoms. The van der Waals surface area contributed by atoms with E-state index in [4.69, 9.17) is 24.2 Å². The molecule has 1 aliphatic heterocycles. The van der Waals surface area contributed by atoms with Gasteiger partial charge in [-0.25, -0.2) is 9.97 Å². The molecule has 8 heteroatoms. The summed E-state index contributed by atoms with van der Waals surface area (Å²) in [6.45, 7) is 4.33. The molecule has 0 saturated carbocycles. The maximum atomic E-state index is 5.62. The molecule has 1 fully saturated rings. The Kier molecular flexibility index (Phi) is 7.54. The number of ether oxygens (including phenoxy) is 3. The van der Waals surface area contributed by atoms with Crippen molar-refractivity contribution in [3.05, 3.63) is 71.4 Å². The predicted molar refractivity (Wildman–Crippen MR) is 140 cm³/mol. The Morgan fingerprint density at radius 1 is 1.03 bits per heavy atom. The molecule has 7 nitrogen and oxygen atoms in total. The van der Waals surface area contributed by atoms with E-state index in [0.717, 1.165) is 59.2 Å². The first-order valence-corrected chi connectivity index (χ1v) is 12.7. The van der Waals surface area contributed by atoms with Crippen LogP contribution in [0.4, 0.5) is 5.82 Å². The van der Waals surface area contributed by atoms with E-state index in [1.54, 1.807) is 25.6 Å². The van der Waals surface area contributed by atoms with Crippen LogP contribution in [0, 0.1) is 0 Å². The van der Waals surface area contributed by atoms with E-state index in [-0.39, 0.29) is 6.04 Å². The third-order valence-electron chi connectivity index (χ3n) is 6.29. The summed E-state index contributed by atoms with van der Waals surface area (Å²) >= 11 is 1.64. The standard InChI is InChI=1S/C27H30N4O3S/c1-32-17-24-29-26(25-22(18-35-27(25)30-24)19-6-4-3-5-7-19)28-16-23(31-12-14-34-15-13-31)20-8-10-21(33-2)11-9-20/h3-11,18,23H,12-17H2,1-2H3,(H,28,29,30)/t23-/m0/s1. The molecule has 0 unspecified atom stereocenters. The van der Waals surface area contributed by atoms with Crippen LogP contribution in [-0.4, -0.2) is 61.9 Å². The molecular formula is C27H30N4O3S. The summed E-state index contributed by atoms with van der Waals surface area (Å²) in [6.07, 6.45) is 0. The second-order valence-electron chi connectivity index (χ2n) is 8.44. The fourth-order valence-electron chi connectivity index (χ4n) is 4.50. The topological polar surface area (TPSA) is 68.7 Å². The number of hydrogen-bond acceptors (Lipinski definition) is 8. The van der Waals surface area contributed by atoms with Gasteiger partial charge in [-0.1, -0.05) is 42.5 Å². The van der Waals surface area contributed by atoms with Gasteiger partial charge in [0.2, 0.25) is 0 Å². The van der Waals surface area contributed by atoms with Crippen molar-refractivity contribution in [2.24, 2.45) is 0 Å². The summed E-state index contributed by atoms with van der Waals surface area (Å²) in [5, 5.41) is 6.91. The Labute approximate surface area is 209 Å². The fourth-order valence-corrected chi connectivity index (χ4v) is 5.47. The first kappa shape index (κ1) is 23.7. The van der Waals surface area contributed by atoms with Gasteiger partial charge in [-0.3, -0.25) is 4.90 Å². The summed E-state index contributed by atoms with van der Waals surface area (Å²) < 4.78 is 16.4. The molecule has 2 aromatic heterocycles. The lowest BCUT2D eigenvalue weighted by atomic mass is 10.0. The number of methoxy groups -OCH3 is 2. The van der Waals surface area contributed by atoms with E-state index >= 15 is 0 Å². The van der Waals surface area contributed by atoms with E-state index in [9.17, 15) is 0 Å². The maximum absolute atomic E-state index is 5.62. The van der Waals surface area contributed by atoms with Gasteiger partial charge in [0, 0.05) is 37.7 Å². The fraction of sp³-hybridized carbons (Fsp3) is 0.333. The smallest absolute Gasteiger partial charge is 0.158 e. The molecule has 0 aliphatic carbocycles. The molecule has 5 rings (SSSR count). The molecule has 1 N–H and O–H groups in total. The Bertz CT molecular complexity index is 1240. The zero-order chi connectivity index (χ0) is 24.0. The third-order valence-corrected chi connectivity index (χ3v) is 7.16. The van der Waals surface area contributed by atoms with Gasteiger partial charge in [-0.05, 0) is 23.3 Å². The van der Waals surface area contributed by atoms with Crippen LogP contribution in [0.5, 0.6) is 5.75 Å². The number of morpholine rings is 1. The minimum atomic E-state index is 0.166. The summed E-state index contributed by atoms with van der Waals surface area (Å²) in [5.74, 6) is 2.38. The average Bonchev–Trinajstić information content (AvgIpc) is 3.35. The maximum Gasteiger partial charge on any atom is 0.158 e. The molecule has 35 heavy (non-hydrogen) atoms. The molecule has 1 saturated heterocycles. The lowest BCUT2D eigenvalue weighted by Crippen LogP contribution is -2.41. The number of rotatable bonds is 9. The SMILES string of the molecule is COCc1nc(NC[C@@H](c2ccc(OC)cc2)N2CCOCC2)c2c(-c3ccccc3)csc2n1. The molecule has 0 amide bonds. The van der Waals surface area contributed by atoms with Crippen LogP contribution in [0.1, 0.15) is 17.4 Å². The van der Waals surface area contributed by atoms with Gasteiger partial charge in [-0.15, -0.1) is 11.3 Å².